The molecule has 6 heteroatoms. The lowest BCUT2D eigenvalue weighted by atomic mass is 9.95. The van der Waals surface area contributed by atoms with Gasteiger partial charge < -0.3 is 5.32 Å². The molecule has 0 aliphatic heterocycles. The molecule has 108 valence electrons. The Hall–Kier alpha value is -0.620. The Balaban J connectivity index is 2.02. The van der Waals surface area contributed by atoms with Gasteiger partial charge in [0.05, 0.1) is 12.6 Å². The van der Waals surface area contributed by atoms with Crippen molar-refractivity contribution < 1.29 is 0 Å². The zero-order chi connectivity index (χ0) is 13.9. The molecule has 2 unspecified atom stereocenters. The average molecular weight is 283 g/mol. The highest BCUT2D eigenvalue weighted by Crippen LogP contribution is 2.33. The van der Waals surface area contributed by atoms with Crippen molar-refractivity contribution in [1.29, 1.82) is 0 Å². The molecule has 19 heavy (non-hydrogen) atoms. The van der Waals surface area contributed by atoms with E-state index in [4.69, 9.17) is 0 Å². The summed E-state index contributed by atoms with van der Waals surface area (Å²) in [5.41, 5.74) is 0.0884. The number of thioether (sulfide) groups is 1. The summed E-state index contributed by atoms with van der Waals surface area (Å²) in [5, 5.41) is 16.5. The van der Waals surface area contributed by atoms with Gasteiger partial charge in [-0.1, -0.05) is 6.42 Å². The van der Waals surface area contributed by atoms with Gasteiger partial charge in [0.15, 0.2) is 5.82 Å². The molecular formula is C13H25N5S. The summed E-state index contributed by atoms with van der Waals surface area (Å²) in [4.78, 5) is 0. The van der Waals surface area contributed by atoms with E-state index in [0.29, 0.717) is 6.04 Å². The molecule has 1 heterocycles. The van der Waals surface area contributed by atoms with Crippen LogP contribution in [0, 0.1) is 0 Å². The third-order valence-corrected chi connectivity index (χ3v) is 4.71. The first-order valence-corrected chi connectivity index (χ1v) is 8.33. The van der Waals surface area contributed by atoms with Crippen LogP contribution >= 0.6 is 11.8 Å². The third-order valence-electron chi connectivity index (χ3n) is 3.62. The van der Waals surface area contributed by atoms with Crippen LogP contribution in [-0.2, 0) is 6.54 Å². The number of nitrogens with zero attached hydrogens (tertiary/aromatic N) is 4. The molecule has 1 fully saturated rings. The highest BCUT2D eigenvalue weighted by atomic mass is 32.2. The second kappa shape index (κ2) is 6.22. The highest BCUT2D eigenvalue weighted by molar-refractivity contribution is 7.99. The Bertz CT molecular complexity index is 398. The maximum atomic E-state index is 4.22. The van der Waals surface area contributed by atoms with Gasteiger partial charge in [-0.3, -0.25) is 0 Å². The van der Waals surface area contributed by atoms with E-state index in [9.17, 15) is 0 Å². The molecule has 0 bridgehead atoms. The Morgan fingerprint density at radius 2 is 2.16 bits per heavy atom. The van der Waals surface area contributed by atoms with E-state index in [1.807, 2.05) is 16.4 Å². The number of nitrogens with one attached hydrogen (secondary N) is 1. The van der Waals surface area contributed by atoms with Gasteiger partial charge in [0.2, 0.25) is 0 Å². The van der Waals surface area contributed by atoms with Crippen LogP contribution < -0.4 is 5.32 Å². The van der Waals surface area contributed by atoms with Crippen LogP contribution in [0.25, 0.3) is 0 Å². The largest absolute Gasteiger partial charge is 0.305 e. The molecule has 0 saturated heterocycles. The van der Waals surface area contributed by atoms with Crippen LogP contribution in [0.15, 0.2) is 0 Å². The van der Waals surface area contributed by atoms with Crippen LogP contribution in [0.5, 0.6) is 0 Å². The summed E-state index contributed by atoms with van der Waals surface area (Å²) >= 11 is 1.97. The van der Waals surface area contributed by atoms with Gasteiger partial charge in [-0.05, 0) is 56.7 Å². The molecule has 1 saturated carbocycles. The number of hydrogen-bond donors (Lipinski definition) is 1. The maximum absolute atomic E-state index is 4.22. The summed E-state index contributed by atoms with van der Waals surface area (Å²) in [6, 6.07) is 0.470. The van der Waals surface area contributed by atoms with Gasteiger partial charge in [-0.15, -0.1) is 5.10 Å². The van der Waals surface area contributed by atoms with Crippen LogP contribution in [0.1, 0.15) is 58.3 Å². The summed E-state index contributed by atoms with van der Waals surface area (Å²) in [7, 11) is 0. The molecule has 1 aliphatic carbocycles. The topological polar surface area (TPSA) is 55.6 Å². The quantitative estimate of drug-likeness (QED) is 0.919. The first-order chi connectivity index (χ1) is 8.99. The fourth-order valence-corrected chi connectivity index (χ4v) is 3.33. The minimum absolute atomic E-state index is 0.0884. The Morgan fingerprint density at radius 1 is 1.37 bits per heavy atom. The zero-order valence-electron chi connectivity index (χ0n) is 12.4. The number of tetrazole rings is 1. The molecular weight excluding hydrogens is 258 g/mol. The van der Waals surface area contributed by atoms with E-state index in [-0.39, 0.29) is 5.54 Å². The molecule has 0 radical (unpaired) electrons. The highest BCUT2D eigenvalue weighted by Gasteiger charge is 2.25. The summed E-state index contributed by atoms with van der Waals surface area (Å²) < 4.78 is 2.04. The van der Waals surface area contributed by atoms with Crippen LogP contribution in [0.3, 0.4) is 0 Å². The molecule has 1 N–H and O–H groups in total. The van der Waals surface area contributed by atoms with Crippen molar-refractivity contribution in [3.05, 3.63) is 5.82 Å². The normalized spacial score (nSPS) is 24.6. The number of rotatable bonds is 4. The van der Waals surface area contributed by atoms with Crippen molar-refractivity contribution in [2.45, 2.75) is 69.8 Å². The predicted octanol–water partition coefficient (Wildman–Crippen LogP) is 2.41. The molecule has 2 atom stereocenters. The molecule has 5 nitrogen and oxygen atoms in total. The second-order valence-electron chi connectivity index (χ2n) is 6.32. The first-order valence-electron chi connectivity index (χ1n) is 7.04. The van der Waals surface area contributed by atoms with Gasteiger partial charge in [-0.25, -0.2) is 4.68 Å². The minimum atomic E-state index is 0.0884. The number of hydrogen-bond acceptors (Lipinski definition) is 5. The lowest BCUT2D eigenvalue weighted by molar-refractivity contribution is 0.315. The zero-order valence-corrected chi connectivity index (χ0v) is 13.2. The van der Waals surface area contributed by atoms with Gasteiger partial charge in [0, 0.05) is 10.8 Å². The van der Waals surface area contributed by atoms with Crippen LogP contribution in [0.4, 0.5) is 0 Å². The second-order valence-corrected chi connectivity index (χ2v) is 7.46. The summed E-state index contributed by atoms with van der Waals surface area (Å²) in [6.07, 6.45) is 7.20. The lowest BCUT2D eigenvalue weighted by Gasteiger charge is -2.28. The maximum Gasteiger partial charge on any atom is 0.165 e. The van der Waals surface area contributed by atoms with Crippen molar-refractivity contribution >= 4 is 11.8 Å². The molecule has 1 aromatic rings. The van der Waals surface area contributed by atoms with Gasteiger partial charge >= 0.3 is 0 Å². The van der Waals surface area contributed by atoms with Crippen molar-refractivity contribution in [1.82, 2.24) is 25.5 Å². The smallest absolute Gasteiger partial charge is 0.165 e. The van der Waals surface area contributed by atoms with Crippen LogP contribution in [0.2, 0.25) is 0 Å². The third kappa shape index (κ3) is 4.18. The van der Waals surface area contributed by atoms with E-state index in [1.54, 1.807) is 0 Å². The van der Waals surface area contributed by atoms with Crippen molar-refractivity contribution in [3.63, 3.8) is 0 Å². The number of aromatic nitrogens is 4. The molecule has 1 aromatic heterocycles. The molecule has 2 rings (SSSR count). The van der Waals surface area contributed by atoms with E-state index >= 15 is 0 Å². The fraction of sp³-hybridized carbons (Fsp3) is 0.923. The average Bonchev–Trinajstić information content (AvgIpc) is 2.84. The lowest BCUT2D eigenvalue weighted by Crippen LogP contribution is -2.36. The standard InChI is InChI=1S/C13H25N5S/c1-13(2,3)14-9-12-15-16-17-18(12)10-6-5-7-11(8-10)19-4/h10-11,14H,5-9H2,1-4H3. The Kier molecular flexibility index (Phi) is 4.84. The van der Waals surface area contributed by atoms with Crippen molar-refractivity contribution in [2.75, 3.05) is 6.26 Å². The Morgan fingerprint density at radius 3 is 2.84 bits per heavy atom. The SMILES string of the molecule is CSC1CCCC(n2nnnc2CNC(C)(C)C)C1. The van der Waals surface area contributed by atoms with E-state index < -0.39 is 0 Å². The molecule has 0 spiro atoms. The van der Waals surface area contributed by atoms with Gasteiger partial charge in [-0.2, -0.15) is 11.8 Å². The summed E-state index contributed by atoms with van der Waals surface area (Å²) in [5.74, 6) is 0.960. The fourth-order valence-electron chi connectivity index (χ4n) is 2.51. The summed E-state index contributed by atoms with van der Waals surface area (Å²) in [6.45, 7) is 7.21. The van der Waals surface area contributed by atoms with Crippen LogP contribution in [-0.4, -0.2) is 37.3 Å². The predicted molar refractivity (Wildman–Crippen MR) is 79.2 cm³/mol. The van der Waals surface area contributed by atoms with E-state index in [0.717, 1.165) is 17.6 Å². The van der Waals surface area contributed by atoms with Gasteiger partial charge in [0.25, 0.3) is 0 Å². The molecule has 1 aliphatic rings. The molecule has 0 aromatic carbocycles. The van der Waals surface area contributed by atoms with Crippen molar-refractivity contribution in [3.8, 4) is 0 Å². The van der Waals surface area contributed by atoms with E-state index in [1.165, 1.54) is 25.7 Å². The molecule has 0 amide bonds. The van der Waals surface area contributed by atoms with Gasteiger partial charge in [0.1, 0.15) is 0 Å². The Labute approximate surface area is 119 Å². The van der Waals surface area contributed by atoms with Crippen molar-refractivity contribution in [2.24, 2.45) is 0 Å². The first kappa shape index (κ1) is 14.8. The minimum Gasteiger partial charge on any atom is -0.305 e. The van der Waals surface area contributed by atoms with E-state index in [2.05, 4.69) is 47.9 Å². The monoisotopic (exact) mass is 283 g/mol.